The van der Waals surface area contributed by atoms with Gasteiger partial charge in [-0.3, -0.25) is 0 Å². The Bertz CT molecular complexity index is 5720. The molecular weight excluding hydrogens is 1540 g/mol. The summed E-state index contributed by atoms with van der Waals surface area (Å²) in [4.78, 5) is 42.8. The second-order valence-corrected chi connectivity index (χ2v) is 26.0. The van der Waals surface area contributed by atoms with Crippen LogP contribution >= 0.6 is 92.8 Å². The fraction of sp³-hybridized carbons (Fsp3) is 0. The molecule has 3 aromatic heterocycles. The van der Waals surface area contributed by atoms with Crippen molar-refractivity contribution in [2.75, 3.05) is 0 Å². The molecule has 2 aliphatic heterocycles. The van der Waals surface area contributed by atoms with Crippen LogP contribution in [0, 0.1) is 0 Å². The summed E-state index contributed by atoms with van der Waals surface area (Å²) in [6.07, 6.45) is 0. The van der Waals surface area contributed by atoms with E-state index in [2.05, 4.69) is 0 Å². The van der Waals surface area contributed by atoms with Crippen LogP contribution in [0.2, 0.25) is 40.2 Å². The molecule has 0 unspecified atom stereocenters. The molecule has 17 rings (SSSR count). The van der Waals surface area contributed by atoms with Gasteiger partial charge in [0.2, 0.25) is 0 Å². The molecule has 0 aliphatic carbocycles. The van der Waals surface area contributed by atoms with Gasteiger partial charge in [0.05, 0.1) is 54.5 Å². The van der Waals surface area contributed by atoms with E-state index in [0.29, 0.717) is 46.0 Å². The van der Waals surface area contributed by atoms with Gasteiger partial charge in [-0.15, -0.1) is 0 Å². The van der Waals surface area contributed by atoms with Crippen LogP contribution in [0.25, 0.3) is 89.7 Å². The minimum absolute atomic E-state index is 0. The quantitative estimate of drug-likeness (QED) is 0.0891. The third kappa shape index (κ3) is 12.9. The molecule has 25 heteroatoms. The van der Waals surface area contributed by atoms with Gasteiger partial charge >= 0.3 is 16.8 Å². The first-order chi connectivity index (χ1) is 50.9. The van der Waals surface area contributed by atoms with Gasteiger partial charge in [0.25, 0.3) is 0 Å². The molecule has 15 aromatic rings. The van der Waals surface area contributed by atoms with Crippen LogP contribution in [0.15, 0.2) is 243 Å². The van der Waals surface area contributed by atoms with Crippen LogP contribution in [0.5, 0.6) is 92.0 Å². The first-order valence-corrected chi connectivity index (χ1v) is 34.7. The molecule has 0 spiro atoms. The molecule has 0 saturated heterocycles. The second-order valence-electron chi connectivity index (χ2n) is 22.9. The number of nitrogens with zero attached hydrogens (tertiary/aromatic N) is 8. The van der Waals surface area contributed by atoms with Crippen molar-refractivity contribution in [1.29, 1.82) is 0 Å². The van der Waals surface area contributed by atoms with Crippen LogP contribution in [0.3, 0.4) is 0 Å². The van der Waals surface area contributed by atoms with E-state index in [1.165, 1.54) is 0 Å². The monoisotopic (exact) mass is 1580 g/mol. The molecule has 2 aliphatic rings. The third-order valence-corrected chi connectivity index (χ3v) is 19.2. The van der Waals surface area contributed by atoms with Crippen LogP contribution in [0.1, 0.15) is 0 Å². The SMILES string of the molecule is Clc1c(Oc2ccccc2)c(Cl)c2c(c1Oc1ccccc1)-c1nc-2nc2[n-]c(nc3nc(nc4[n-]c(n1)c1c(Cl)c(Oc5ccccc5)c(Cl)c(Oc5ccccc5)c41)-c1c(Cl)c(Oc4ccccc4)c(Cl)c(Oc4ccccc4)c1-3)c1c(Cl)c(Oc3ccccc3)c(Cl)c(Oc3ccccc3)c21.[Co+2]. The van der Waals surface area contributed by atoms with Gasteiger partial charge in [0.1, 0.15) is 66.1 Å². The van der Waals surface area contributed by atoms with E-state index in [1.54, 1.807) is 194 Å². The first kappa shape index (κ1) is 68.6. The van der Waals surface area contributed by atoms with Gasteiger partial charge in [-0.25, -0.2) is 9.97 Å². The number of halogens is 8. The maximum atomic E-state index is 7.84. The van der Waals surface area contributed by atoms with Crippen molar-refractivity contribution in [3.05, 3.63) is 283 Å². The number of benzene rings is 12. The van der Waals surface area contributed by atoms with Crippen molar-refractivity contribution in [1.82, 2.24) is 39.9 Å². The Labute approximate surface area is 646 Å². The van der Waals surface area contributed by atoms with Gasteiger partial charge in [-0.2, -0.15) is 0 Å². The average molecular weight is 1580 g/mol. The zero-order chi connectivity index (χ0) is 70.7. The van der Waals surface area contributed by atoms with E-state index in [9.17, 15) is 0 Å². The van der Waals surface area contributed by atoms with Crippen LogP contribution in [-0.2, 0) is 16.8 Å². The van der Waals surface area contributed by atoms with Crippen LogP contribution < -0.4 is 47.9 Å². The molecule has 0 atom stereocenters. The Balaban J connectivity index is 0.00000847. The zero-order valence-corrected chi connectivity index (χ0v) is 60.4. The number of para-hydroxylation sites is 8. The van der Waals surface area contributed by atoms with Gasteiger partial charge in [-0.05, 0) is 97.1 Å². The molecule has 513 valence electrons. The Morgan fingerprint density at radius 1 is 0.190 bits per heavy atom. The van der Waals surface area contributed by atoms with E-state index in [1.807, 2.05) is 48.5 Å². The minimum Gasteiger partial charge on any atom is -0.455 e. The number of fused-ring (bicyclic) bond motifs is 20. The molecule has 0 N–H and O–H groups in total. The molecule has 12 aromatic carbocycles. The largest absolute Gasteiger partial charge is 2.00 e. The fourth-order valence-corrected chi connectivity index (χ4v) is 14.3. The third-order valence-electron chi connectivity index (χ3n) is 16.4. The van der Waals surface area contributed by atoms with Crippen molar-refractivity contribution < 1.29 is 54.7 Å². The van der Waals surface area contributed by atoms with E-state index in [4.69, 9.17) is 171 Å². The maximum absolute atomic E-state index is 7.84. The van der Waals surface area contributed by atoms with Gasteiger partial charge in [-0.1, -0.05) is 238 Å². The molecule has 8 bridgehead atoms. The Morgan fingerprint density at radius 3 is 0.629 bits per heavy atom. The summed E-state index contributed by atoms with van der Waals surface area (Å²) in [5.41, 5.74) is -0.206. The molecular formula is C80H40Cl8CoN8O8. The summed E-state index contributed by atoms with van der Waals surface area (Å²) < 4.78 is 54.2. The zero-order valence-electron chi connectivity index (χ0n) is 53.3. The van der Waals surface area contributed by atoms with E-state index in [0.717, 1.165) is 0 Å². The molecule has 105 heavy (non-hydrogen) atoms. The predicted molar refractivity (Wildman–Crippen MR) is 406 cm³/mol. The van der Waals surface area contributed by atoms with Crippen molar-refractivity contribution in [2.45, 2.75) is 0 Å². The molecule has 16 nitrogen and oxygen atoms in total. The summed E-state index contributed by atoms with van der Waals surface area (Å²) in [5, 5.41) is -0.389. The predicted octanol–water partition coefficient (Wildman–Crippen LogP) is 25.7. The number of hydrogen-bond acceptors (Lipinski definition) is 14. The first-order valence-electron chi connectivity index (χ1n) is 31.6. The number of aromatic nitrogens is 8. The van der Waals surface area contributed by atoms with Crippen molar-refractivity contribution in [3.8, 4) is 138 Å². The smallest absolute Gasteiger partial charge is 0.455 e. The Morgan fingerprint density at radius 2 is 0.381 bits per heavy atom. The molecule has 0 saturated carbocycles. The molecule has 0 fully saturated rings. The summed E-state index contributed by atoms with van der Waals surface area (Å²) in [7, 11) is 0. The van der Waals surface area contributed by atoms with Gasteiger partial charge in [0.15, 0.2) is 46.0 Å². The topological polar surface area (TPSA) is 179 Å². The normalized spacial score (nSPS) is 11.4. The number of ether oxygens (including phenoxy) is 8. The molecule has 0 amide bonds. The number of rotatable bonds is 16. The van der Waals surface area contributed by atoms with E-state index < -0.39 is 0 Å². The van der Waals surface area contributed by atoms with Crippen molar-refractivity contribution in [2.24, 2.45) is 0 Å². The molecule has 1 radical (unpaired) electrons. The summed E-state index contributed by atoms with van der Waals surface area (Å²) in [5.74, 6) is 1.92. The fourth-order valence-electron chi connectivity index (χ4n) is 11.8. The Hall–Kier alpha value is -10.8. The summed E-state index contributed by atoms with van der Waals surface area (Å²) >= 11 is 62.1. The standard InChI is InChI=1S/C80H40Cl8N8O8.Co/c81-57-49-53(65(97-41-25-9-1-10-26-41)61(85)69(57)101-45-33-17-5-18-34-45)77-89-73(49)94-78-55-51(59(83)71(103-47-37-21-7-22-38-47)63(87)67(55)99-43-29-13-3-14-30-43)75(91-78)96-80-56-52(60(84)72(104-48-39-23-8-24-40-48)64(88)68(56)100-44-31-15-4-16-32-44)76(92-80)95-79-54-50(74(90-79)93-77)58(82)70(102-46-35-19-6-20-36-46)62(86)66(54)98-42-27-11-2-12-28-42;/h1-40H;/q-2;+2. The van der Waals surface area contributed by atoms with Crippen LogP contribution in [-0.4, -0.2) is 29.9 Å². The van der Waals surface area contributed by atoms with E-state index in [-0.39, 0.29) is 193 Å². The van der Waals surface area contributed by atoms with Crippen LogP contribution in [0.4, 0.5) is 0 Å². The van der Waals surface area contributed by atoms with Gasteiger partial charge < -0.3 is 67.8 Å². The minimum atomic E-state index is -0.143. The second kappa shape index (κ2) is 29.0. The number of hydrogen-bond donors (Lipinski definition) is 0. The molecule has 5 heterocycles. The van der Waals surface area contributed by atoms with Gasteiger partial charge in [0, 0.05) is 55.3 Å². The van der Waals surface area contributed by atoms with Crippen molar-refractivity contribution in [3.63, 3.8) is 0 Å². The summed E-state index contributed by atoms with van der Waals surface area (Å²) in [6.45, 7) is 0. The average Bonchev–Trinajstić information content (AvgIpc) is 1.58. The maximum Gasteiger partial charge on any atom is 2.00 e. The summed E-state index contributed by atoms with van der Waals surface area (Å²) in [6, 6.07) is 71.2. The van der Waals surface area contributed by atoms with E-state index >= 15 is 0 Å². The Kier molecular flexibility index (Phi) is 19.0. The van der Waals surface area contributed by atoms with Crippen molar-refractivity contribution >= 4 is 137 Å².